The monoisotopic (exact) mass is 328 g/mol. The molecule has 1 aliphatic rings. The summed E-state index contributed by atoms with van der Waals surface area (Å²) in [6.45, 7) is 0.0625. The zero-order valence-electron chi connectivity index (χ0n) is 11.7. The Labute approximate surface area is 129 Å². The highest BCUT2D eigenvalue weighted by Gasteiger charge is 2.35. The molecule has 0 atom stereocenters. The van der Waals surface area contributed by atoms with Gasteiger partial charge >= 0.3 is 0 Å². The van der Waals surface area contributed by atoms with Crippen molar-refractivity contribution in [1.82, 2.24) is 4.31 Å². The molecule has 0 heterocycles. The standard InChI is InChI=1S/C14H17ClN2O3S/c1-17(10-14(18)6-2-3-7-14)21(19,20)12-5-4-11(9-16)13(15)8-12/h4-5,8,18H,2-3,6-7,10H2,1H3. The number of halogens is 1. The number of sulfonamides is 1. The number of hydrogen-bond donors (Lipinski definition) is 1. The fraction of sp³-hybridized carbons (Fsp3) is 0.500. The Morgan fingerprint density at radius 3 is 2.57 bits per heavy atom. The molecule has 0 unspecified atom stereocenters. The molecule has 0 aliphatic heterocycles. The fourth-order valence-corrected chi connectivity index (χ4v) is 4.18. The molecule has 21 heavy (non-hydrogen) atoms. The minimum Gasteiger partial charge on any atom is -0.389 e. The third kappa shape index (κ3) is 3.38. The lowest BCUT2D eigenvalue weighted by Crippen LogP contribution is -2.41. The Hall–Kier alpha value is -1.13. The minimum absolute atomic E-state index is 0.0237. The molecular formula is C14H17ClN2O3S. The molecule has 1 fully saturated rings. The predicted octanol–water partition coefficient (Wildman–Crippen LogP) is 2.14. The SMILES string of the molecule is CN(CC1(O)CCCC1)S(=O)(=O)c1ccc(C#N)c(Cl)c1. The summed E-state index contributed by atoms with van der Waals surface area (Å²) in [5, 5.41) is 19.3. The van der Waals surface area contributed by atoms with Gasteiger partial charge in [-0.25, -0.2) is 8.42 Å². The highest BCUT2D eigenvalue weighted by Crippen LogP contribution is 2.31. The Balaban J connectivity index is 2.25. The summed E-state index contributed by atoms with van der Waals surface area (Å²) in [7, 11) is -2.29. The van der Waals surface area contributed by atoms with E-state index < -0.39 is 15.6 Å². The average molecular weight is 329 g/mol. The maximum Gasteiger partial charge on any atom is 0.242 e. The molecule has 1 aromatic rings. The second-order valence-corrected chi connectivity index (χ2v) is 7.90. The molecule has 0 bridgehead atoms. The molecule has 2 rings (SSSR count). The van der Waals surface area contributed by atoms with Crippen molar-refractivity contribution >= 4 is 21.6 Å². The highest BCUT2D eigenvalue weighted by atomic mass is 35.5. The van der Waals surface area contributed by atoms with Gasteiger partial charge in [0.1, 0.15) is 6.07 Å². The van der Waals surface area contributed by atoms with Crippen LogP contribution in [0.3, 0.4) is 0 Å². The number of rotatable bonds is 4. The second kappa shape index (κ2) is 5.93. The van der Waals surface area contributed by atoms with Gasteiger partial charge in [-0.1, -0.05) is 24.4 Å². The van der Waals surface area contributed by atoms with Crippen molar-refractivity contribution in [1.29, 1.82) is 5.26 Å². The van der Waals surface area contributed by atoms with Crippen LogP contribution in [0.2, 0.25) is 5.02 Å². The summed E-state index contributed by atoms with van der Waals surface area (Å²) in [4.78, 5) is 0.0237. The van der Waals surface area contributed by atoms with Crippen LogP contribution in [0.4, 0.5) is 0 Å². The molecule has 7 heteroatoms. The maximum absolute atomic E-state index is 12.5. The Kier molecular flexibility index (Phi) is 4.59. The molecule has 0 aromatic heterocycles. The molecule has 0 spiro atoms. The van der Waals surface area contributed by atoms with Crippen molar-refractivity contribution in [3.8, 4) is 6.07 Å². The smallest absolute Gasteiger partial charge is 0.242 e. The van der Waals surface area contributed by atoms with Crippen molar-refractivity contribution in [3.63, 3.8) is 0 Å². The zero-order chi connectivity index (χ0) is 15.7. The maximum atomic E-state index is 12.5. The van der Waals surface area contributed by atoms with Crippen LogP contribution in [0, 0.1) is 11.3 Å². The summed E-state index contributed by atoms with van der Waals surface area (Å²) in [5.74, 6) is 0. The van der Waals surface area contributed by atoms with E-state index in [0.29, 0.717) is 12.8 Å². The van der Waals surface area contributed by atoms with Gasteiger partial charge in [-0.05, 0) is 31.0 Å². The first-order chi connectivity index (χ1) is 9.78. The van der Waals surface area contributed by atoms with E-state index in [2.05, 4.69) is 0 Å². The summed E-state index contributed by atoms with van der Waals surface area (Å²) >= 11 is 5.88. The molecule has 0 radical (unpaired) electrons. The highest BCUT2D eigenvalue weighted by molar-refractivity contribution is 7.89. The first kappa shape index (κ1) is 16.2. The summed E-state index contributed by atoms with van der Waals surface area (Å²) in [5.41, 5.74) is -0.717. The van der Waals surface area contributed by atoms with Crippen molar-refractivity contribution in [3.05, 3.63) is 28.8 Å². The van der Waals surface area contributed by atoms with Gasteiger partial charge in [0, 0.05) is 13.6 Å². The Bertz CT molecular complexity index is 676. The van der Waals surface area contributed by atoms with Crippen molar-refractivity contribution in [2.24, 2.45) is 0 Å². The lowest BCUT2D eigenvalue weighted by Gasteiger charge is -2.28. The van der Waals surface area contributed by atoms with Gasteiger partial charge in [0.05, 0.1) is 21.1 Å². The molecule has 114 valence electrons. The first-order valence-electron chi connectivity index (χ1n) is 6.67. The predicted molar refractivity (Wildman–Crippen MR) is 79.4 cm³/mol. The van der Waals surface area contributed by atoms with Gasteiger partial charge in [-0.15, -0.1) is 0 Å². The number of nitriles is 1. The van der Waals surface area contributed by atoms with E-state index in [1.54, 1.807) is 0 Å². The lowest BCUT2D eigenvalue weighted by molar-refractivity contribution is 0.0333. The molecule has 5 nitrogen and oxygen atoms in total. The van der Waals surface area contributed by atoms with E-state index in [1.165, 1.54) is 25.2 Å². The van der Waals surface area contributed by atoms with Gasteiger partial charge < -0.3 is 5.11 Å². The number of nitrogens with zero attached hydrogens (tertiary/aromatic N) is 2. The molecular weight excluding hydrogens is 312 g/mol. The minimum atomic E-state index is -3.73. The van der Waals surface area contributed by atoms with Crippen LogP contribution in [0.5, 0.6) is 0 Å². The van der Waals surface area contributed by atoms with Crippen LogP contribution in [0.15, 0.2) is 23.1 Å². The largest absolute Gasteiger partial charge is 0.389 e. The van der Waals surface area contributed by atoms with E-state index in [9.17, 15) is 13.5 Å². The van der Waals surface area contributed by atoms with Crippen molar-refractivity contribution < 1.29 is 13.5 Å². The number of likely N-dealkylation sites (N-methyl/N-ethyl adjacent to an activating group) is 1. The zero-order valence-corrected chi connectivity index (χ0v) is 13.3. The molecule has 1 aromatic carbocycles. The summed E-state index contributed by atoms with van der Waals surface area (Å²) < 4.78 is 26.1. The third-order valence-electron chi connectivity index (χ3n) is 3.82. The van der Waals surface area contributed by atoms with Gasteiger partial charge in [0.2, 0.25) is 10.0 Å². The van der Waals surface area contributed by atoms with E-state index in [4.69, 9.17) is 16.9 Å². The van der Waals surface area contributed by atoms with E-state index in [-0.39, 0.29) is 22.0 Å². The van der Waals surface area contributed by atoms with Crippen LogP contribution >= 0.6 is 11.6 Å². The van der Waals surface area contributed by atoms with E-state index in [0.717, 1.165) is 17.1 Å². The van der Waals surface area contributed by atoms with Gasteiger partial charge in [-0.3, -0.25) is 0 Å². The topological polar surface area (TPSA) is 81.4 Å². The van der Waals surface area contributed by atoms with Crippen LogP contribution in [-0.2, 0) is 10.0 Å². The van der Waals surface area contributed by atoms with Crippen LogP contribution in [-0.4, -0.2) is 37.0 Å². The number of aliphatic hydroxyl groups is 1. The quantitative estimate of drug-likeness (QED) is 0.918. The molecule has 1 saturated carbocycles. The van der Waals surface area contributed by atoms with E-state index in [1.807, 2.05) is 6.07 Å². The van der Waals surface area contributed by atoms with Crippen molar-refractivity contribution in [2.45, 2.75) is 36.2 Å². The first-order valence-corrected chi connectivity index (χ1v) is 8.49. The van der Waals surface area contributed by atoms with E-state index >= 15 is 0 Å². The second-order valence-electron chi connectivity index (χ2n) is 5.45. The van der Waals surface area contributed by atoms with Crippen LogP contribution < -0.4 is 0 Å². The van der Waals surface area contributed by atoms with Gasteiger partial charge in [0.15, 0.2) is 0 Å². The van der Waals surface area contributed by atoms with Gasteiger partial charge in [-0.2, -0.15) is 9.57 Å². The molecule has 0 amide bonds. The lowest BCUT2D eigenvalue weighted by atomic mass is 10.0. The summed E-state index contributed by atoms with van der Waals surface area (Å²) in [6.07, 6.45) is 3.04. The van der Waals surface area contributed by atoms with Crippen LogP contribution in [0.25, 0.3) is 0 Å². The Morgan fingerprint density at radius 2 is 2.05 bits per heavy atom. The Morgan fingerprint density at radius 1 is 1.43 bits per heavy atom. The number of benzene rings is 1. The normalized spacial score (nSPS) is 17.9. The molecule has 1 N–H and O–H groups in total. The summed E-state index contributed by atoms with van der Waals surface area (Å²) in [6, 6.07) is 5.89. The van der Waals surface area contributed by atoms with Crippen LogP contribution in [0.1, 0.15) is 31.2 Å². The number of hydrogen-bond acceptors (Lipinski definition) is 4. The molecule has 1 aliphatic carbocycles. The fourth-order valence-electron chi connectivity index (χ4n) is 2.62. The molecule has 0 saturated heterocycles. The van der Waals surface area contributed by atoms with Crippen molar-refractivity contribution in [2.75, 3.05) is 13.6 Å². The third-order valence-corrected chi connectivity index (χ3v) is 5.93. The van der Waals surface area contributed by atoms with Gasteiger partial charge in [0.25, 0.3) is 0 Å². The average Bonchev–Trinajstić information content (AvgIpc) is 2.85.